The summed E-state index contributed by atoms with van der Waals surface area (Å²) in [5.41, 5.74) is 2.31. The van der Waals surface area contributed by atoms with Crippen LogP contribution in [0.3, 0.4) is 0 Å². The van der Waals surface area contributed by atoms with Crippen molar-refractivity contribution in [3.8, 4) is 0 Å². The fraction of sp³-hybridized carbons (Fsp3) is 0.529. The number of alkyl halides is 2. The van der Waals surface area contributed by atoms with Gasteiger partial charge < -0.3 is 0 Å². The summed E-state index contributed by atoms with van der Waals surface area (Å²) in [6, 6.07) is 7.90. The summed E-state index contributed by atoms with van der Waals surface area (Å²) in [6.45, 7) is 7.28. The quantitative estimate of drug-likeness (QED) is 0.233. The first kappa shape index (κ1) is 19.1. The monoisotopic (exact) mass is 448 g/mol. The number of esters is 1. The van der Waals surface area contributed by atoms with Crippen molar-refractivity contribution in [2.45, 2.75) is 53.3 Å². The van der Waals surface area contributed by atoms with Gasteiger partial charge >= 0.3 is 152 Å². The maximum absolute atomic E-state index is 12.1. The molecule has 24 heavy (non-hydrogen) atoms. The molecule has 1 aliphatic heterocycles. The number of nitrogens with one attached hydrogen (secondary N) is 1. The van der Waals surface area contributed by atoms with Crippen LogP contribution in [0.1, 0.15) is 38.1 Å². The molecule has 0 saturated carbocycles. The van der Waals surface area contributed by atoms with Gasteiger partial charge in [-0.1, -0.05) is 0 Å². The van der Waals surface area contributed by atoms with E-state index in [0.717, 1.165) is 0 Å². The van der Waals surface area contributed by atoms with E-state index >= 15 is 0 Å². The SMILES string of the molecule is C[C@H]1[I-][C@@H]1[C@H](NOC(=O)c1ccccc1)[C@@H](O)C(=O)OC(C)(C)C. The molecule has 1 fully saturated rings. The van der Waals surface area contributed by atoms with Crippen molar-refractivity contribution in [3.05, 3.63) is 35.9 Å². The molecule has 2 rings (SSSR count). The number of carbonyl (C=O) groups excluding carboxylic acids is 2. The van der Waals surface area contributed by atoms with Crippen molar-refractivity contribution in [1.29, 1.82) is 0 Å². The number of hydroxylamine groups is 1. The minimum atomic E-state index is -1.37. The van der Waals surface area contributed by atoms with E-state index in [0.29, 0.717) is 9.49 Å². The molecule has 7 heteroatoms. The van der Waals surface area contributed by atoms with Gasteiger partial charge in [0.2, 0.25) is 0 Å². The molecule has 4 atom stereocenters. The van der Waals surface area contributed by atoms with Gasteiger partial charge in [0.25, 0.3) is 0 Å². The van der Waals surface area contributed by atoms with Crippen LogP contribution in [-0.2, 0) is 14.4 Å². The van der Waals surface area contributed by atoms with Crippen LogP contribution in [-0.4, -0.2) is 42.6 Å². The molecule has 0 amide bonds. The Hall–Kier alpha value is -1.19. The molecule has 134 valence electrons. The van der Waals surface area contributed by atoms with Crippen molar-refractivity contribution in [2.24, 2.45) is 0 Å². The molecule has 1 heterocycles. The van der Waals surface area contributed by atoms with Gasteiger partial charge in [0, 0.05) is 0 Å². The van der Waals surface area contributed by atoms with Gasteiger partial charge in [0.15, 0.2) is 0 Å². The van der Waals surface area contributed by atoms with E-state index in [-0.39, 0.29) is 25.1 Å². The van der Waals surface area contributed by atoms with E-state index in [1.165, 1.54) is 0 Å². The van der Waals surface area contributed by atoms with Gasteiger partial charge in [-0.3, -0.25) is 0 Å². The second kappa shape index (κ2) is 7.79. The van der Waals surface area contributed by atoms with Crippen molar-refractivity contribution in [1.82, 2.24) is 5.48 Å². The Kier molecular flexibility index (Phi) is 6.22. The molecule has 0 aliphatic carbocycles. The molecule has 1 aliphatic rings. The molecule has 1 saturated heterocycles. The Morgan fingerprint density at radius 3 is 2.33 bits per heavy atom. The average molecular weight is 448 g/mol. The van der Waals surface area contributed by atoms with Crippen LogP contribution in [0.15, 0.2) is 30.3 Å². The van der Waals surface area contributed by atoms with E-state index < -0.39 is 29.7 Å². The summed E-state index contributed by atoms with van der Waals surface area (Å²) in [5.74, 6) is -1.26. The van der Waals surface area contributed by atoms with Crippen LogP contribution >= 0.6 is 0 Å². The van der Waals surface area contributed by atoms with Gasteiger partial charge in [-0.05, 0) is 0 Å². The Bertz CT molecular complexity index is 586. The van der Waals surface area contributed by atoms with E-state index in [2.05, 4.69) is 12.4 Å². The molecule has 1 aromatic rings. The first-order chi connectivity index (χ1) is 11.2. The third-order valence-corrected chi connectivity index (χ3v) is 7.11. The predicted molar refractivity (Wildman–Crippen MR) is 83.9 cm³/mol. The van der Waals surface area contributed by atoms with Gasteiger partial charge in [-0.2, -0.15) is 0 Å². The molecule has 0 spiro atoms. The predicted octanol–water partition coefficient (Wildman–Crippen LogP) is -1.72. The van der Waals surface area contributed by atoms with Crippen molar-refractivity contribution >= 4 is 11.9 Å². The summed E-state index contributed by atoms with van der Waals surface area (Å²) < 4.78 is 5.84. The molecule has 0 bridgehead atoms. The number of carbonyl (C=O) groups is 2. The molecule has 0 aromatic heterocycles. The molecule has 0 radical (unpaired) electrons. The van der Waals surface area contributed by atoms with E-state index in [4.69, 9.17) is 9.57 Å². The van der Waals surface area contributed by atoms with Crippen molar-refractivity contribution in [3.63, 3.8) is 0 Å². The number of halogens is 1. The first-order valence-corrected chi connectivity index (χ1v) is 10.2. The zero-order valence-corrected chi connectivity index (χ0v) is 16.3. The number of aliphatic hydroxyl groups is 1. The van der Waals surface area contributed by atoms with E-state index in [1.807, 2.05) is 0 Å². The second-order valence-corrected chi connectivity index (χ2v) is 10.7. The standard InChI is InChI=1S/C17H23INO5/c1-10-12(18-10)13(14(20)16(22)23-17(2,3)4)19-24-15(21)11-8-6-5-7-9-11/h5-10,12-14,19-20H,1-4H3/q-1/t10-,12+,13+,14-/m1/s1. The Balaban J connectivity index is 1.99. The minimum absolute atomic E-state index is 0.131. The Morgan fingerprint density at radius 2 is 1.83 bits per heavy atom. The number of aliphatic hydroxyl groups excluding tert-OH is 1. The van der Waals surface area contributed by atoms with Gasteiger partial charge in [-0.25, -0.2) is 0 Å². The molecule has 1 aromatic carbocycles. The maximum atomic E-state index is 12.1. The zero-order valence-electron chi connectivity index (χ0n) is 14.2. The first-order valence-electron chi connectivity index (χ1n) is 7.73. The Labute approximate surface area is 152 Å². The van der Waals surface area contributed by atoms with Gasteiger partial charge in [-0.15, -0.1) is 0 Å². The van der Waals surface area contributed by atoms with Crippen LogP contribution in [0, 0.1) is 0 Å². The number of hydrogen-bond acceptors (Lipinski definition) is 6. The van der Waals surface area contributed by atoms with Crippen LogP contribution in [0.4, 0.5) is 0 Å². The van der Waals surface area contributed by atoms with Crippen molar-refractivity contribution in [2.75, 3.05) is 0 Å². The van der Waals surface area contributed by atoms with Gasteiger partial charge in [0.05, 0.1) is 0 Å². The Morgan fingerprint density at radius 1 is 1.25 bits per heavy atom. The summed E-state index contributed by atoms with van der Waals surface area (Å²) in [6.07, 6.45) is -1.37. The molecule has 0 unspecified atom stereocenters. The van der Waals surface area contributed by atoms with Crippen LogP contribution < -0.4 is 26.7 Å². The molecule has 2 N–H and O–H groups in total. The van der Waals surface area contributed by atoms with Crippen LogP contribution in [0.25, 0.3) is 0 Å². The zero-order chi connectivity index (χ0) is 17.9. The van der Waals surface area contributed by atoms with E-state index in [1.54, 1.807) is 51.1 Å². The summed E-state index contributed by atoms with van der Waals surface area (Å²) in [4.78, 5) is 29.2. The summed E-state index contributed by atoms with van der Waals surface area (Å²) in [7, 11) is 0. The summed E-state index contributed by atoms with van der Waals surface area (Å²) in [5, 5.41) is 10.3. The molecular weight excluding hydrogens is 425 g/mol. The number of benzene rings is 1. The fourth-order valence-electron chi connectivity index (χ4n) is 2.12. The fourth-order valence-corrected chi connectivity index (χ4v) is 4.62. The van der Waals surface area contributed by atoms with Crippen LogP contribution in [0.5, 0.6) is 0 Å². The third-order valence-electron chi connectivity index (χ3n) is 3.34. The second-order valence-electron chi connectivity index (χ2n) is 6.63. The normalized spacial score (nSPS) is 22.7. The molecule has 6 nitrogen and oxygen atoms in total. The third kappa shape index (κ3) is 5.42. The average Bonchev–Trinajstić information content (AvgIpc) is 3.22. The van der Waals surface area contributed by atoms with Crippen LogP contribution in [0.2, 0.25) is 0 Å². The summed E-state index contributed by atoms with van der Waals surface area (Å²) >= 11 is -0.131. The number of hydrogen-bond donors (Lipinski definition) is 2. The van der Waals surface area contributed by atoms with Crippen molar-refractivity contribution < 1.29 is 45.5 Å². The van der Waals surface area contributed by atoms with E-state index in [9.17, 15) is 14.7 Å². The molecular formula is C17H23INO5-. The number of rotatable bonds is 6. The topological polar surface area (TPSA) is 84.9 Å². The number of ether oxygens (including phenoxy) is 1. The van der Waals surface area contributed by atoms with Gasteiger partial charge in [0.1, 0.15) is 0 Å².